The minimum absolute atomic E-state index is 0.498. The summed E-state index contributed by atoms with van der Waals surface area (Å²) in [5, 5.41) is 5.55. The normalized spacial score (nSPS) is 18.0. The molecule has 1 nitrogen and oxygen atoms in total. The Bertz CT molecular complexity index is 588. The van der Waals surface area contributed by atoms with Gasteiger partial charge < -0.3 is 5.32 Å². The Labute approximate surface area is 133 Å². The molecule has 104 valence electrons. The van der Waals surface area contributed by atoms with Gasteiger partial charge in [-0.3, -0.25) is 0 Å². The van der Waals surface area contributed by atoms with Gasteiger partial charge in [-0.25, -0.2) is 0 Å². The first-order chi connectivity index (χ1) is 9.72. The van der Waals surface area contributed by atoms with E-state index in [9.17, 15) is 0 Å². The molecule has 1 aliphatic rings. The van der Waals surface area contributed by atoms with E-state index in [-0.39, 0.29) is 0 Å². The van der Waals surface area contributed by atoms with Crippen LogP contribution in [0.3, 0.4) is 0 Å². The largest absolute Gasteiger partial charge is 0.384 e. The van der Waals surface area contributed by atoms with Crippen molar-refractivity contribution in [2.24, 2.45) is 0 Å². The van der Waals surface area contributed by atoms with Crippen molar-refractivity contribution in [3.8, 4) is 0 Å². The second-order valence-electron chi connectivity index (χ2n) is 4.89. The molecule has 1 atom stereocenters. The van der Waals surface area contributed by atoms with E-state index in [1.54, 1.807) is 0 Å². The fourth-order valence-corrected chi connectivity index (χ4v) is 4.03. The number of fused-ring (bicyclic) bond motifs is 1. The molecule has 1 unspecified atom stereocenters. The standard InChI is InChI=1S/C16H15Cl2NS/c17-12-6-8-14(18)16(9-12)20-13-7-5-11-3-1-2-4-15(11)19-10-13/h1-4,6,8-9,13,19H,5,7,10H2. The summed E-state index contributed by atoms with van der Waals surface area (Å²) >= 11 is 14.1. The van der Waals surface area contributed by atoms with E-state index in [0.717, 1.165) is 34.3 Å². The van der Waals surface area contributed by atoms with Gasteiger partial charge in [0.05, 0.1) is 5.02 Å². The molecular formula is C16H15Cl2NS. The number of hydrogen-bond acceptors (Lipinski definition) is 2. The van der Waals surface area contributed by atoms with Crippen LogP contribution in [0.15, 0.2) is 47.4 Å². The molecule has 1 heterocycles. The average molecular weight is 324 g/mol. The topological polar surface area (TPSA) is 12.0 Å². The number of benzene rings is 2. The highest BCUT2D eigenvalue weighted by Gasteiger charge is 2.17. The van der Waals surface area contributed by atoms with E-state index >= 15 is 0 Å². The van der Waals surface area contributed by atoms with Gasteiger partial charge in [-0.2, -0.15) is 0 Å². The molecule has 0 spiro atoms. The predicted octanol–water partition coefficient (Wildman–Crippen LogP) is 5.51. The highest BCUT2D eigenvalue weighted by Crippen LogP contribution is 2.35. The molecule has 1 aliphatic heterocycles. The van der Waals surface area contributed by atoms with E-state index in [1.165, 1.54) is 11.3 Å². The number of aryl methyl sites for hydroxylation is 1. The van der Waals surface area contributed by atoms with Crippen LogP contribution in [0, 0.1) is 0 Å². The zero-order valence-corrected chi connectivity index (χ0v) is 13.2. The summed E-state index contributed by atoms with van der Waals surface area (Å²) in [7, 11) is 0. The number of hydrogen-bond donors (Lipinski definition) is 1. The molecule has 3 rings (SSSR count). The van der Waals surface area contributed by atoms with E-state index < -0.39 is 0 Å². The maximum absolute atomic E-state index is 6.25. The maximum Gasteiger partial charge on any atom is 0.0543 e. The van der Waals surface area contributed by atoms with Crippen LogP contribution in [0.1, 0.15) is 12.0 Å². The Hall–Kier alpha value is -0.830. The lowest BCUT2D eigenvalue weighted by Gasteiger charge is -2.15. The molecule has 20 heavy (non-hydrogen) atoms. The van der Waals surface area contributed by atoms with Gasteiger partial charge in [-0.15, -0.1) is 11.8 Å². The SMILES string of the molecule is Clc1ccc(Cl)c(SC2CCc3ccccc3NC2)c1. The molecular weight excluding hydrogens is 309 g/mol. The summed E-state index contributed by atoms with van der Waals surface area (Å²) in [6.45, 7) is 0.949. The summed E-state index contributed by atoms with van der Waals surface area (Å²) in [4.78, 5) is 1.07. The summed E-state index contributed by atoms with van der Waals surface area (Å²) in [5.74, 6) is 0. The van der Waals surface area contributed by atoms with E-state index in [4.69, 9.17) is 23.2 Å². The fourth-order valence-electron chi connectivity index (χ4n) is 2.40. The van der Waals surface area contributed by atoms with Crippen molar-refractivity contribution in [3.05, 3.63) is 58.1 Å². The Morgan fingerprint density at radius 1 is 1.10 bits per heavy atom. The van der Waals surface area contributed by atoms with Gasteiger partial charge in [0.1, 0.15) is 0 Å². The lowest BCUT2D eigenvalue weighted by molar-refractivity contribution is 0.803. The van der Waals surface area contributed by atoms with Crippen molar-refractivity contribution in [1.29, 1.82) is 0 Å². The van der Waals surface area contributed by atoms with Crippen molar-refractivity contribution < 1.29 is 0 Å². The Kier molecular flexibility index (Phi) is 4.45. The average Bonchev–Trinajstić information content (AvgIpc) is 2.66. The van der Waals surface area contributed by atoms with Crippen LogP contribution in [0.5, 0.6) is 0 Å². The number of thioether (sulfide) groups is 1. The monoisotopic (exact) mass is 323 g/mol. The molecule has 0 aliphatic carbocycles. The second-order valence-corrected chi connectivity index (χ2v) is 7.08. The van der Waals surface area contributed by atoms with Crippen LogP contribution in [0.2, 0.25) is 10.0 Å². The molecule has 1 N–H and O–H groups in total. The van der Waals surface area contributed by atoms with Gasteiger partial charge in [0.2, 0.25) is 0 Å². The van der Waals surface area contributed by atoms with Gasteiger partial charge in [0, 0.05) is 27.4 Å². The van der Waals surface area contributed by atoms with Crippen LogP contribution in [0.25, 0.3) is 0 Å². The number of anilines is 1. The fraction of sp³-hybridized carbons (Fsp3) is 0.250. The molecule has 0 saturated heterocycles. The third-order valence-corrected chi connectivity index (χ3v) is 5.46. The summed E-state index contributed by atoms with van der Waals surface area (Å²) in [5.41, 5.74) is 2.65. The molecule has 0 bridgehead atoms. The molecule has 0 radical (unpaired) electrons. The third-order valence-electron chi connectivity index (χ3n) is 3.46. The lowest BCUT2D eigenvalue weighted by Crippen LogP contribution is -2.14. The van der Waals surface area contributed by atoms with Gasteiger partial charge in [-0.05, 0) is 42.7 Å². The van der Waals surface area contributed by atoms with Gasteiger partial charge in [0.25, 0.3) is 0 Å². The van der Waals surface area contributed by atoms with Crippen molar-refractivity contribution in [3.63, 3.8) is 0 Å². The minimum Gasteiger partial charge on any atom is -0.384 e. The predicted molar refractivity (Wildman–Crippen MR) is 89.4 cm³/mol. The molecule has 0 aromatic heterocycles. The molecule has 4 heteroatoms. The molecule has 2 aromatic carbocycles. The first-order valence-corrected chi connectivity index (χ1v) is 8.29. The Morgan fingerprint density at radius 2 is 1.95 bits per heavy atom. The number of para-hydroxylation sites is 1. The van der Waals surface area contributed by atoms with Crippen LogP contribution in [-0.2, 0) is 6.42 Å². The number of rotatable bonds is 2. The van der Waals surface area contributed by atoms with Gasteiger partial charge in [0.15, 0.2) is 0 Å². The third kappa shape index (κ3) is 3.25. The zero-order chi connectivity index (χ0) is 13.9. The highest BCUT2D eigenvalue weighted by atomic mass is 35.5. The molecule has 0 fully saturated rings. The van der Waals surface area contributed by atoms with Gasteiger partial charge >= 0.3 is 0 Å². The highest BCUT2D eigenvalue weighted by molar-refractivity contribution is 8.00. The zero-order valence-electron chi connectivity index (χ0n) is 10.9. The second kappa shape index (κ2) is 6.30. The van der Waals surface area contributed by atoms with Crippen molar-refractivity contribution in [1.82, 2.24) is 0 Å². The summed E-state index contributed by atoms with van der Waals surface area (Å²) < 4.78 is 0. The van der Waals surface area contributed by atoms with Crippen LogP contribution >= 0.6 is 35.0 Å². The number of nitrogens with one attached hydrogen (secondary N) is 1. The Morgan fingerprint density at radius 3 is 2.85 bits per heavy atom. The summed E-state index contributed by atoms with van der Waals surface area (Å²) in [6.07, 6.45) is 2.23. The van der Waals surface area contributed by atoms with E-state index in [2.05, 4.69) is 29.6 Å². The lowest BCUT2D eigenvalue weighted by atomic mass is 10.1. The van der Waals surface area contributed by atoms with E-state index in [0.29, 0.717) is 5.25 Å². The maximum atomic E-state index is 6.25. The van der Waals surface area contributed by atoms with Crippen LogP contribution in [0.4, 0.5) is 5.69 Å². The molecule has 0 amide bonds. The minimum atomic E-state index is 0.498. The van der Waals surface area contributed by atoms with Crippen molar-refractivity contribution in [2.45, 2.75) is 23.0 Å². The molecule has 2 aromatic rings. The quantitative estimate of drug-likeness (QED) is 0.781. The van der Waals surface area contributed by atoms with Gasteiger partial charge in [-0.1, -0.05) is 41.4 Å². The van der Waals surface area contributed by atoms with Crippen molar-refractivity contribution >= 4 is 40.7 Å². The number of halogens is 2. The van der Waals surface area contributed by atoms with E-state index in [1.807, 2.05) is 30.0 Å². The van der Waals surface area contributed by atoms with Crippen molar-refractivity contribution in [2.75, 3.05) is 11.9 Å². The Balaban J connectivity index is 1.73. The smallest absolute Gasteiger partial charge is 0.0543 e. The first kappa shape index (κ1) is 14.1. The van der Waals surface area contributed by atoms with Crippen LogP contribution in [-0.4, -0.2) is 11.8 Å². The molecule has 0 saturated carbocycles. The summed E-state index contributed by atoms with van der Waals surface area (Å²) in [6, 6.07) is 14.2. The first-order valence-electron chi connectivity index (χ1n) is 6.66. The van der Waals surface area contributed by atoms with Crippen LogP contribution < -0.4 is 5.32 Å².